The molecule has 0 aliphatic carbocycles. The van der Waals surface area contributed by atoms with Gasteiger partial charge in [0, 0.05) is 26.1 Å². The Kier molecular flexibility index (Phi) is 7.30. The Balaban J connectivity index is 1.60. The smallest absolute Gasteiger partial charge is 0.534 e. The minimum atomic E-state index is -1.21. The van der Waals surface area contributed by atoms with Crippen molar-refractivity contribution >= 4 is 19.0 Å². The lowest BCUT2D eigenvalue weighted by Crippen LogP contribution is -2.53. The van der Waals surface area contributed by atoms with Crippen molar-refractivity contribution in [2.45, 2.75) is 32.1 Å². The molecule has 0 aromatic heterocycles. The predicted molar refractivity (Wildman–Crippen MR) is 103 cm³/mol. The van der Waals surface area contributed by atoms with Gasteiger partial charge in [-0.05, 0) is 24.5 Å². The fourth-order valence-corrected chi connectivity index (χ4v) is 3.38. The number of nitrogens with one attached hydrogen (secondary N) is 1. The number of para-hydroxylation sites is 1. The minimum absolute atomic E-state index is 0.128. The summed E-state index contributed by atoms with van der Waals surface area (Å²) in [5.41, 5.74) is 1.05. The first-order valence-corrected chi connectivity index (χ1v) is 9.81. The molecular formula is C19H27BN2O6. The summed E-state index contributed by atoms with van der Waals surface area (Å²) in [6.45, 7) is 5.90. The third-order valence-electron chi connectivity index (χ3n) is 4.91. The van der Waals surface area contributed by atoms with Gasteiger partial charge in [-0.15, -0.1) is 0 Å². The van der Waals surface area contributed by atoms with E-state index in [-0.39, 0.29) is 18.1 Å². The van der Waals surface area contributed by atoms with Gasteiger partial charge in [0.25, 0.3) is 0 Å². The van der Waals surface area contributed by atoms with Gasteiger partial charge in [0.05, 0.1) is 19.2 Å². The Morgan fingerprint density at radius 3 is 2.89 bits per heavy atom. The summed E-state index contributed by atoms with van der Waals surface area (Å²) in [6.07, 6.45) is 1.51. The number of benzene rings is 1. The first kappa shape index (κ1) is 20.6. The number of rotatable bonds is 7. The molecule has 1 aromatic carbocycles. The molecule has 0 saturated carbocycles. The van der Waals surface area contributed by atoms with Gasteiger partial charge >= 0.3 is 13.1 Å². The maximum atomic E-state index is 12.5. The standard InChI is InChI=1S/C19H27BN2O6/c1-2-4-17(23)21-16-13-14-5-3-6-15(18(14)28-20(16)25)19(24)27-12-9-22-7-10-26-11-8-22/h3,5-6,16,25H,2,4,7-13H2,1H3,(H,21,23)/t16-/m0/s1. The number of hydrogen-bond acceptors (Lipinski definition) is 7. The molecule has 0 unspecified atom stereocenters. The third kappa shape index (κ3) is 5.24. The van der Waals surface area contributed by atoms with Crippen molar-refractivity contribution in [3.05, 3.63) is 29.3 Å². The molecule has 0 bridgehead atoms. The van der Waals surface area contributed by atoms with Crippen molar-refractivity contribution in [2.24, 2.45) is 0 Å². The van der Waals surface area contributed by atoms with Crippen LogP contribution in [0.1, 0.15) is 35.7 Å². The van der Waals surface area contributed by atoms with Gasteiger partial charge in [-0.1, -0.05) is 19.1 Å². The van der Waals surface area contributed by atoms with E-state index in [1.807, 2.05) is 13.0 Å². The molecule has 28 heavy (non-hydrogen) atoms. The van der Waals surface area contributed by atoms with Crippen LogP contribution in [0.25, 0.3) is 0 Å². The second-order valence-electron chi connectivity index (χ2n) is 7.02. The van der Waals surface area contributed by atoms with Crippen molar-refractivity contribution in [1.82, 2.24) is 10.2 Å². The number of amides is 1. The Morgan fingerprint density at radius 2 is 2.14 bits per heavy atom. The maximum Gasteiger partial charge on any atom is 0.547 e. The number of nitrogens with zero attached hydrogens (tertiary/aromatic N) is 1. The van der Waals surface area contributed by atoms with Crippen molar-refractivity contribution in [3.63, 3.8) is 0 Å². The summed E-state index contributed by atoms with van der Waals surface area (Å²) in [6, 6.07) is 5.20. The zero-order chi connectivity index (χ0) is 19.9. The van der Waals surface area contributed by atoms with Crippen molar-refractivity contribution in [3.8, 4) is 5.75 Å². The van der Waals surface area contributed by atoms with Crippen molar-refractivity contribution in [1.29, 1.82) is 0 Å². The molecule has 2 heterocycles. The van der Waals surface area contributed by atoms with Crippen LogP contribution in [0.5, 0.6) is 5.75 Å². The Bertz CT molecular complexity index is 695. The van der Waals surface area contributed by atoms with Gasteiger partial charge in [-0.2, -0.15) is 0 Å². The van der Waals surface area contributed by atoms with E-state index in [9.17, 15) is 14.6 Å². The Labute approximate surface area is 165 Å². The zero-order valence-corrected chi connectivity index (χ0v) is 16.2. The fourth-order valence-electron chi connectivity index (χ4n) is 3.38. The van der Waals surface area contributed by atoms with E-state index < -0.39 is 19.0 Å². The van der Waals surface area contributed by atoms with Crippen LogP contribution in [0, 0.1) is 0 Å². The molecule has 9 heteroatoms. The van der Waals surface area contributed by atoms with E-state index >= 15 is 0 Å². The van der Waals surface area contributed by atoms with Gasteiger partial charge in [-0.25, -0.2) is 4.79 Å². The van der Waals surface area contributed by atoms with E-state index in [1.165, 1.54) is 0 Å². The Hall–Kier alpha value is -2.10. The summed E-state index contributed by atoms with van der Waals surface area (Å²) >= 11 is 0. The van der Waals surface area contributed by atoms with Crippen LogP contribution in [-0.2, 0) is 20.7 Å². The Morgan fingerprint density at radius 1 is 1.36 bits per heavy atom. The zero-order valence-electron chi connectivity index (χ0n) is 16.2. The topological polar surface area (TPSA) is 97.3 Å². The average molecular weight is 390 g/mol. The van der Waals surface area contributed by atoms with E-state index in [0.29, 0.717) is 38.3 Å². The molecular weight excluding hydrogens is 363 g/mol. The van der Waals surface area contributed by atoms with E-state index in [1.54, 1.807) is 12.1 Å². The molecule has 2 aliphatic rings. The number of carbonyl (C=O) groups is 2. The summed E-state index contributed by atoms with van der Waals surface area (Å²) < 4.78 is 16.3. The van der Waals surface area contributed by atoms with Gasteiger partial charge in [-0.3, -0.25) is 9.69 Å². The molecule has 2 aliphatic heterocycles. The van der Waals surface area contributed by atoms with Crippen LogP contribution in [0.15, 0.2) is 18.2 Å². The number of hydrogen-bond donors (Lipinski definition) is 2. The highest BCUT2D eigenvalue weighted by Crippen LogP contribution is 2.30. The van der Waals surface area contributed by atoms with Gasteiger partial charge in [0.1, 0.15) is 17.9 Å². The molecule has 3 rings (SSSR count). The number of fused-ring (bicyclic) bond motifs is 1. The first-order chi connectivity index (χ1) is 13.6. The monoisotopic (exact) mass is 390 g/mol. The highest BCUT2D eigenvalue weighted by Gasteiger charge is 2.37. The largest absolute Gasteiger partial charge is 0.547 e. The number of carbonyl (C=O) groups excluding carboxylic acids is 2. The third-order valence-corrected chi connectivity index (χ3v) is 4.91. The lowest BCUT2D eigenvalue weighted by Gasteiger charge is -2.29. The molecule has 1 amide bonds. The summed E-state index contributed by atoms with van der Waals surface area (Å²) in [5.74, 6) is -0.824. The SMILES string of the molecule is CCCC(=O)N[C@H]1Cc2cccc(C(=O)OCCN3CCOCC3)c2OB1O. The molecule has 2 N–H and O–H groups in total. The molecule has 1 saturated heterocycles. The molecule has 1 fully saturated rings. The van der Waals surface area contributed by atoms with Gasteiger partial charge in [0.2, 0.25) is 5.91 Å². The predicted octanol–water partition coefficient (Wildman–Crippen LogP) is 0.415. The lowest BCUT2D eigenvalue weighted by molar-refractivity contribution is -0.121. The minimum Gasteiger partial charge on any atom is -0.534 e. The van der Waals surface area contributed by atoms with Crippen LogP contribution in [0.3, 0.4) is 0 Å². The number of ether oxygens (including phenoxy) is 2. The molecule has 8 nitrogen and oxygen atoms in total. The summed E-state index contributed by atoms with van der Waals surface area (Å²) in [4.78, 5) is 26.5. The van der Waals surface area contributed by atoms with Gasteiger partial charge < -0.3 is 24.5 Å². The van der Waals surface area contributed by atoms with Crippen LogP contribution in [0.4, 0.5) is 0 Å². The molecule has 152 valence electrons. The fraction of sp³-hybridized carbons (Fsp3) is 0.579. The van der Waals surface area contributed by atoms with E-state index in [2.05, 4.69) is 10.2 Å². The van der Waals surface area contributed by atoms with E-state index in [0.717, 1.165) is 25.1 Å². The van der Waals surface area contributed by atoms with Crippen LogP contribution in [0.2, 0.25) is 0 Å². The number of esters is 1. The maximum absolute atomic E-state index is 12.5. The number of morpholine rings is 1. The normalized spacial score (nSPS) is 19.5. The van der Waals surface area contributed by atoms with Crippen LogP contribution >= 0.6 is 0 Å². The highest BCUT2D eigenvalue weighted by atomic mass is 16.5. The molecule has 0 spiro atoms. The molecule has 1 aromatic rings. The highest BCUT2D eigenvalue weighted by molar-refractivity contribution is 6.47. The quantitative estimate of drug-likeness (QED) is 0.514. The molecule has 1 atom stereocenters. The summed E-state index contributed by atoms with van der Waals surface area (Å²) in [7, 11) is -1.21. The van der Waals surface area contributed by atoms with Crippen LogP contribution < -0.4 is 9.97 Å². The first-order valence-electron chi connectivity index (χ1n) is 9.81. The van der Waals surface area contributed by atoms with E-state index in [4.69, 9.17) is 14.1 Å². The van der Waals surface area contributed by atoms with Crippen molar-refractivity contribution in [2.75, 3.05) is 39.5 Å². The average Bonchev–Trinajstić information content (AvgIpc) is 2.69. The van der Waals surface area contributed by atoms with Crippen molar-refractivity contribution < 1.29 is 28.7 Å². The second-order valence-corrected chi connectivity index (χ2v) is 7.02. The second kappa shape index (κ2) is 9.91. The molecule has 0 radical (unpaired) electrons. The van der Waals surface area contributed by atoms with Crippen LogP contribution in [-0.4, -0.2) is 74.3 Å². The summed E-state index contributed by atoms with van der Waals surface area (Å²) in [5, 5.41) is 13.1. The van der Waals surface area contributed by atoms with Gasteiger partial charge in [0.15, 0.2) is 0 Å². The lowest BCUT2D eigenvalue weighted by atomic mass is 9.72.